The Morgan fingerprint density at radius 2 is 1.59 bits per heavy atom. The van der Waals surface area contributed by atoms with E-state index in [1.165, 1.54) is 27.8 Å². The van der Waals surface area contributed by atoms with E-state index in [9.17, 15) is 0 Å². The molecule has 0 saturated carbocycles. The zero-order valence-corrected chi connectivity index (χ0v) is 14.5. The van der Waals surface area contributed by atoms with E-state index in [2.05, 4.69) is 75.8 Å². The predicted molar refractivity (Wildman–Crippen MR) is 97.8 cm³/mol. The van der Waals surface area contributed by atoms with Crippen LogP contribution in [0.3, 0.4) is 0 Å². The van der Waals surface area contributed by atoms with Crippen molar-refractivity contribution in [2.24, 2.45) is 15.9 Å². The van der Waals surface area contributed by atoms with Crippen LogP contribution in [0.1, 0.15) is 37.5 Å². The standard InChI is InChI=1S/C20H26N2/c1-13-9-15(3)19(16(4)10-13)21-7-8-22-20-17(5)11-14(2)12-18(20)6/h7-12,15,19H,1-6H3. The molecular weight excluding hydrogens is 268 g/mol. The normalized spacial score (nSPS) is 22.3. The third kappa shape index (κ3) is 3.82. The third-order valence-corrected chi connectivity index (χ3v) is 4.10. The molecule has 2 heteroatoms. The first-order valence-electron chi connectivity index (χ1n) is 7.88. The second-order valence-corrected chi connectivity index (χ2v) is 6.43. The van der Waals surface area contributed by atoms with Crippen molar-refractivity contribution in [1.82, 2.24) is 0 Å². The molecule has 1 aliphatic carbocycles. The van der Waals surface area contributed by atoms with Crippen molar-refractivity contribution >= 4 is 18.1 Å². The van der Waals surface area contributed by atoms with E-state index in [1.54, 1.807) is 0 Å². The quantitative estimate of drug-likeness (QED) is 0.676. The lowest BCUT2D eigenvalue weighted by molar-refractivity contribution is 0.596. The van der Waals surface area contributed by atoms with Gasteiger partial charge in [-0.15, -0.1) is 0 Å². The number of rotatable bonds is 3. The van der Waals surface area contributed by atoms with Crippen LogP contribution in [0, 0.1) is 26.7 Å². The summed E-state index contributed by atoms with van der Waals surface area (Å²) in [4.78, 5) is 9.27. The molecule has 0 radical (unpaired) electrons. The van der Waals surface area contributed by atoms with Gasteiger partial charge in [-0.25, -0.2) is 0 Å². The van der Waals surface area contributed by atoms with Crippen LogP contribution in [-0.4, -0.2) is 18.5 Å². The molecule has 1 aromatic rings. The Morgan fingerprint density at radius 3 is 2.18 bits per heavy atom. The highest BCUT2D eigenvalue weighted by molar-refractivity contribution is 6.17. The minimum atomic E-state index is 0.232. The molecule has 2 nitrogen and oxygen atoms in total. The molecule has 0 saturated heterocycles. The van der Waals surface area contributed by atoms with Crippen LogP contribution >= 0.6 is 0 Å². The number of nitrogens with zero attached hydrogens (tertiary/aromatic N) is 2. The molecule has 0 amide bonds. The van der Waals surface area contributed by atoms with Gasteiger partial charge >= 0.3 is 0 Å². The van der Waals surface area contributed by atoms with Gasteiger partial charge in [0.25, 0.3) is 0 Å². The summed E-state index contributed by atoms with van der Waals surface area (Å²) in [5, 5.41) is 0. The van der Waals surface area contributed by atoms with E-state index in [4.69, 9.17) is 0 Å². The van der Waals surface area contributed by atoms with Gasteiger partial charge in [0, 0.05) is 18.3 Å². The van der Waals surface area contributed by atoms with Gasteiger partial charge in [0.1, 0.15) is 0 Å². The van der Waals surface area contributed by atoms with E-state index in [0.29, 0.717) is 5.92 Å². The van der Waals surface area contributed by atoms with Crippen LogP contribution in [0.4, 0.5) is 5.69 Å². The molecule has 22 heavy (non-hydrogen) atoms. The Kier molecular flexibility index (Phi) is 5.12. The second-order valence-electron chi connectivity index (χ2n) is 6.43. The van der Waals surface area contributed by atoms with Gasteiger partial charge in [0.15, 0.2) is 0 Å². The van der Waals surface area contributed by atoms with Crippen molar-refractivity contribution in [1.29, 1.82) is 0 Å². The summed E-state index contributed by atoms with van der Waals surface area (Å²) < 4.78 is 0. The molecule has 0 heterocycles. The molecule has 0 aromatic heterocycles. The molecule has 2 atom stereocenters. The molecule has 1 aliphatic rings. The van der Waals surface area contributed by atoms with E-state index in [1.807, 2.05) is 12.4 Å². The molecule has 0 N–H and O–H groups in total. The largest absolute Gasteiger partial charge is 0.283 e. The van der Waals surface area contributed by atoms with Crippen molar-refractivity contribution in [2.75, 3.05) is 0 Å². The molecule has 0 fully saturated rings. The average Bonchev–Trinajstić information content (AvgIpc) is 2.38. The highest BCUT2D eigenvalue weighted by Gasteiger charge is 2.18. The van der Waals surface area contributed by atoms with Crippen LogP contribution in [0.15, 0.2) is 45.4 Å². The summed E-state index contributed by atoms with van der Waals surface area (Å²) >= 11 is 0. The van der Waals surface area contributed by atoms with Crippen LogP contribution < -0.4 is 0 Å². The Bertz CT molecular complexity index is 652. The Labute approximate surface area is 134 Å². The fraction of sp³-hybridized carbons (Fsp3) is 0.400. The Morgan fingerprint density at radius 1 is 0.955 bits per heavy atom. The second kappa shape index (κ2) is 6.87. The molecule has 1 aromatic carbocycles. The van der Waals surface area contributed by atoms with E-state index < -0.39 is 0 Å². The summed E-state index contributed by atoms with van der Waals surface area (Å²) in [7, 11) is 0. The van der Waals surface area contributed by atoms with Crippen molar-refractivity contribution in [3.8, 4) is 0 Å². The SMILES string of the molecule is CC1=CC(C)C(N=CC=Nc2c(C)cc(C)cc2C)C(C)=C1. The summed E-state index contributed by atoms with van der Waals surface area (Å²) in [5.41, 5.74) is 7.40. The number of hydrogen-bond acceptors (Lipinski definition) is 2. The highest BCUT2D eigenvalue weighted by atomic mass is 14.8. The van der Waals surface area contributed by atoms with Crippen molar-refractivity contribution in [3.05, 3.63) is 52.1 Å². The summed E-state index contributed by atoms with van der Waals surface area (Å²) in [6.45, 7) is 12.8. The summed E-state index contributed by atoms with van der Waals surface area (Å²) in [5.74, 6) is 0.442. The third-order valence-electron chi connectivity index (χ3n) is 4.10. The number of aliphatic imine (C=N–C) groups is 2. The van der Waals surface area contributed by atoms with Crippen LogP contribution in [0.2, 0.25) is 0 Å². The Hall–Kier alpha value is -1.96. The monoisotopic (exact) mass is 294 g/mol. The number of hydrogen-bond donors (Lipinski definition) is 0. The number of allylic oxidation sites excluding steroid dienone is 2. The maximum absolute atomic E-state index is 4.68. The van der Waals surface area contributed by atoms with Crippen LogP contribution in [0.25, 0.3) is 0 Å². The number of aryl methyl sites for hydroxylation is 3. The first-order chi connectivity index (χ1) is 10.4. The lowest BCUT2D eigenvalue weighted by Crippen LogP contribution is -2.19. The topological polar surface area (TPSA) is 24.7 Å². The van der Waals surface area contributed by atoms with Crippen molar-refractivity contribution in [2.45, 2.75) is 47.6 Å². The first-order valence-corrected chi connectivity index (χ1v) is 7.88. The molecule has 116 valence electrons. The lowest BCUT2D eigenvalue weighted by atomic mass is 9.88. The minimum Gasteiger partial charge on any atom is -0.283 e. The van der Waals surface area contributed by atoms with Crippen LogP contribution in [-0.2, 0) is 0 Å². The number of benzene rings is 1. The van der Waals surface area contributed by atoms with E-state index >= 15 is 0 Å². The molecule has 0 aliphatic heterocycles. The molecule has 0 spiro atoms. The van der Waals surface area contributed by atoms with Gasteiger partial charge in [-0.1, -0.05) is 42.3 Å². The summed E-state index contributed by atoms with van der Waals surface area (Å²) in [6.07, 6.45) is 8.15. The van der Waals surface area contributed by atoms with Gasteiger partial charge in [-0.2, -0.15) is 0 Å². The predicted octanol–water partition coefficient (Wildman–Crippen LogP) is 5.30. The van der Waals surface area contributed by atoms with E-state index in [0.717, 1.165) is 5.69 Å². The molecule has 2 rings (SSSR count). The van der Waals surface area contributed by atoms with Crippen LogP contribution in [0.5, 0.6) is 0 Å². The molecule has 2 unspecified atom stereocenters. The average molecular weight is 294 g/mol. The van der Waals surface area contributed by atoms with E-state index in [-0.39, 0.29) is 6.04 Å². The fourth-order valence-electron chi connectivity index (χ4n) is 3.28. The highest BCUT2D eigenvalue weighted by Crippen LogP contribution is 2.26. The lowest BCUT2D eigenvalue weighted by Gasteiger charge is -2.22. The van der Waals surface area contributed by atoms with Gasteiger partial charge < -0.3 is 0 Å². The first kappa shape index (κ1) is 16.4. The maximum atomic E-state index is 4.68. The molecule has 0 bridgehead atoms. The van der Waals surface area contributed by atoms with Gasteiger partial charge in [0.05, 0.1) is 11.7 Å². The molecular formula is C20H26N2. The van der Waals surface area contributed by atoms with Gasteiger partial charge in [-0.05, 0) is 51.3 Å². The van der Waals surface area contributed by atoms with Crippen molar-refractivity contribution < 1.29 is 0 Å². The fourth-order valence-corrected chi connectivity index (χ4v) is 3.28. The van der Waals surface area contributed by atoms with Gasteiger partial charge in [-0.3, -0.25) is 9.98 Å². The summed E-state index contributed by atoms with van der Waals surface area (Å²) in [6, 6.07) is 4.57. The zero-order valence-electron chi connectivity index (χ0n) is 14.5. The zero-order chi connectivity index (χ0) is 16.3. The minimum absolute atomic E-state index is 0.232. The smallest absolute Gasteiger partial charge is 0.0770 e. The maximum Gasteiger partial charge on any atom is 0.0770 e. The van der Waals surface area contributed by atoms with Crippen molar-refractivity contribution in [3.63, 3.8) is 0 Å². The Balaban J connectivity index is 2.12. The van der Waals surface area contributed by atoms with Gasteiger partial charge in [0.2, 0.25) is 0 Å².